The summed E-state index contributed by atoms with van der Waals surface area (Å²) in [4.78, 5) is 0. The second-order valence-electron chi connectivity index (χ2n) is 5.84. The summed E-state index contributed by atoms with van der Waals surface area (Å²) in [6, 6.07) is 9.59. The van der Waals surface area contributed by atoms with Gasteiger partial charge in [0.25, 0.3) is 0 Å². The highest BCUT2D eigenvalue weighted by Gasteiger charge is 2.20. The molecule has 0 N–H and O–H groups in total. The largest absolute Gasteiger partial charge is 0.497 e. The molecule has 17 heavy (non-hydrogen) atoms. The molecule has 1 nitrogen and oxygen atoms in total. The van der Waals surface area contributed by atoms with E-state index in [0.29, 0.717) is 5.92 Å². The van der Waals surface area contributed by atoms with Gasteiger partial charge in [-0.25, -0.2) is 0 Å². The summed E-state index contributed by atoms with van der Waals surface area (Å²) in [5.74, 6) is 2.28. The molecule has 0 fully saturated rings. The first-order valence-corrected chi connectivity index (χ1v) is 10.4. The lowest BCUT2D eigenvalue weighted by Gasteiger charge is -2.23. The standard InChI is InChI=1S/C14H23ClOSi/c1-16-14-7-5-6-12(9-14)8-13(10-15)11-17(2,3)4/h5-7,9,13H,8,10-11H2,1-4H3. The molecule has 0 spiro atoms. The second kappa shape index (κ2) is 6.46. The first kappa shape index (κ1) is 14.6. The van der Waals surface area contributed by atoms with Gasteiger partial charge in [-0.2, -0.15) is 0 Å². The fourth-order valence-electron chi connectivity index (χ4n) is 2.18. The van der Waals surface area contributed by atoms with Gasteiger partial charge in [0.15, 0.2) is 0 Å². The van der Waals surface area contributed by atoms with Crippen LogP contribution in [-0.2, 0) is 6.42 Å². The lowest BCUT2D eigenvalue weighted by atomic mass is 10.0. The molecule has 1 aromatic rings. The van der Waals surface area contributed by atoms with Crippen molar-refractivity contribution in [2.24, 2.45) is 5.92 Å². The van der Waals surface area contributed by atoms with Gasteiger partial charge in [0.2, 0.25) is 0 Å². The van der Waals surface area contributed by atoms with Crippen LogP contribution in [0.15, 0.2) is 24.3 Å². The zero-order valence-electron chi connectivity index (χ0n) is 11.3. The third-order valence-corrected chi connectivity index (χ3v) is 5.02. The monoisotopic (exact) mass is 270 g/mol. The number of benzene rings is 1. The zero-order chi connectivity index (χ0) is 12.9. The minimum absolute atomic E-state index is 0.593. The molecule has 1 unspecified atom stereocenters. The number of alkyl halides is 1. The van der Waals surface area contributed by atoms with Gasteiger partial charge in [-0.3, -0.25) is 0 Å². The maximum absolute atomic E-state index is 6.09. The SMILES string of the molecule is COc1cccc(CC(CCl)C[Si](C)(C)C)c1. The Balaban J connectivity index is 2.67. The van der Waals surface area contributed by atoms with Crippen LogP contribution >= 0.6 is 11.6 Å². The summed E-state index contributed by atoms with van der Waals surface area (Å²) in [6.45, 7) is 7.20. The van der Waals surface area contributed by atoms with Crippen LogP contribution in [0.4, 0.5) is 0 Å². The van der Waals surface area contributed by atoms with Gasteiger partial charge in [0.05, 0.1) is 7.11 Å². The molecule has 1 rings (SSSR count). The molecule has 0 aromatic heterocycles. The van der Waals surface area contributed by atoms with E-state index in [-0.39, 0.29) is 0 Å². The van der Waals surface area contributed by atoms with E-state index in [9.17, 15) is 0 Å². The average Bonchev–Trinajstić information content (AvgIpc) is 2.26. The van der Waals surface area contributed by atoms with Crippen molar-refractivity contribution in [2.45, 2.75) is 32.1 Å². The van der Waals surface area contributed by atoms with Crippen LogP contribution in [0, 0.1) is 5.92 Å². The molecule has 0 saturated heterocycles. The molecule has 3 heteroatoms. The van der Waals surface area contributed by atoms with Crippen molar-refractivity contribution in [1.29, 1.82) is 0 Å². The predicted octanol–water partition coefficient (Wildman–Crippen LogP) is 4.43. The smallest absolute Gasteiger partial charge is 0.119 e. The summed E-state index contributed by atoms with van der Waals surface area (Å²) < 4.78 is 5.25. The lowest BCUT2D eigenvalue weighted by molar-refractivity contribution is 0.414. The average molecular weight is 271 g/mol. The summed E-state index contributed by atoms with van der Waals surface area (Å²) in [5, 5.41) is 0. The quantitative estimate of drug-likeness (QED) is 0.549. The van der Waals surface area contributed by atoms with Crippen molar-refractivity contribution in [2.75, 3.05) is 13.0 Å². The van der Waals surface area contributed by atoms with Gasteiger partial charge < -0.3 is 4.74 Å². The molecular formula is C14H23ClOSi. The van der Waals surface area contributed by atoms with Gasteiger partial charge in [0, 0.05) is 14.0 Å². The Bertz CT molecular complexity index is 346. The van der Waals surface area contributed by atoms with Gasteiger partial charge in [-0.15, -0.1) is 11.6 Å². The van der Waals surface area contributed by atoms with Crippen molar-refractivity contribution in [3.05, 3.63) is 29.8 Å². The van der Waals surface area contributed by atoms with Gasteiger partial charge in [-0.05, 0) is 30.0 Å². The van der Waals surface area contributed by atoms with E-state index in [4.69, 9.17) is 16.3 Å². The molecule has 0 aliphatic carbocycles. The molecule has 96 valence electrons. The highest BCUT2D eigenvalue weighted by atomic mass is 35.5. The summed E-state index contributed by atoms with van der Waals surface area (Å²) in [7, 11) is 0.676. The van der Waals surface area contributed by atoms with Crippen LogP contribution in [0.2, 0.25) is 25.7 Å². The Labute approximate surface area is 111 Å². The van der Waals surface area contributed by atoms with E-state index in [0.717, 1.165) is 18.1 Å². The normalized spacial score (nSPS) is 13.5. The van der Waals surface area contributed by atoms with E-state index in [1.54, 1.807) is 7.11 Å². The lowest BCUT2D eigenvalue weighted by Crippen LogP contribution is -2.25. The number of hydrogen-bond acceptors (Lipinski definition) is 1. The maximum atomic E-state index is 6.09. The summed E-state index contributed by atoms with van der Waals surface area (Å²) in [6.07, 6.45) is 1.06. The predicted molar refractivity (Wildman–Crippen MR) is 79.1 cm³/mol. The van der Waals surface area contributed by atoms with E-state index in [1.165, 1.54) is 11.6 Å². The first-order valence-electron chi connectivity index (χ1n) is 6.13. The van der Waals surface area contributed by atoms with Crippen molar-refractivity contribution in [1.82, 2.24) is 0 Å². The Kier molecular flexibility index (Phi) is 5.54. The highest BCUT2D eigenvalue weighted by Crippen LogP contribution is 2.23. The molecule has 0 aliphatic rings. The van der Waals surface area contributed by atoms with Crippen LogP contribution in [0.25, 0.3) is 0 Å². The second-order valence-corrected chi connectivity index (χ2v) is 11.7. The van der Waals surface area contributed by atoms with Gasteiger partial charge >= 0.3 is 0 Å². The van der Waals surface area contributed by atoms with Crippen molar-refractivity contribution in [3.8, 4) is 5.75 Å². The van der Waals surface area contributed by atoms with Crippen molar-refractivity contribution >= 4 is 19.7 Å². The molecule has 0 aliphatic heterocycles. The van der Waals surface area contributed by atoms with Gasteiger partial charge in [-0.1, -0.05) is 37.8 Å². The third kappa shape index (κ3) is 5.60. The number of rotatable bonds is 6. The Morgan fingerprint density at radius 1 is 1.29 bits per heavy atom. The number of methoxy groups -OCH3 is 1. The molecule has 0 bridgehead atoms. The number of ether oxygens (including phenoxy) is 1. The molecule has 1 atom stereocenters. The molecule has 0 heterocycles. The molecule has 1 aromatic carbocycles. The summed E-state index contributed by atoms with van der Waals surface area (Å²) in [5.41, 5.74) is 1.33. The van der Waals surface area contributed by atoms with Crippen LogP contribution < -0.4 is 4.74 Å². The van der Waals surface area contributed by atoms with E-state index >= 15 is 0 Å². The minimum Gasteiger partial charge on any atom is -0.497 e. The minimum atomic E-state index is -1.03. The van der Waals surface area contributed by atoms with Crippen LogP contribution in [0.1, 0.15) is 5.56 Å². The maximum Gasteiger partial charge on any atom is 0.119 e. The number of halogens is 1. The van der Waals surface area contributed by atoms with E-state index < -0.39 is 8.07 Å². The third-order valence-electron chi connectivity index (χ3n) is 2.78. The van der Waals surface area contributed by atoms with Crippen LogP contribution in [0.5, 0.6) is 5.75 Å². The zero-order valence-corrected chi connectivity index (χ0v) is 13.1. The molecular weight excluding hydrogens is 248 g/mol. The van der Waals surface area contributed by atoms with Crippen LogP contribution in [0.3, 0.4) is 0 Å². The topological polar surface area (TPSA) is 9.23 Å². The summed E-state index contributed by atoms with van der Waals surface area (Å²) >= 11 is 6.09. The molecule has 0 radical (unpaired) electrons. The highest BCUT2D eigenvalue weighted by molar-refractivity contribution is 6.76. The Morgan fingerprint density at radius 3 is 2.53 bits per heavy atom. The fraction of sp³-hybridized carbons (Fsp3) is 0.571. The van der Waals surface area contributed by atoms with Crippen molar-refractivity contribution < 1.29 is 4.74 Å². The van der Waals surface area contributed by atoms with E-state index in [2.05, 4.69) is 31.8 Å². The van der Waals surface area contributed by atoms with Crippen LogP contribution in [-0.4, -0.2) is 21.1 Å². The molecule has 0 amide bonds. The molecule has 0 saturated carbocycles. The fourth-order valence-corrected chi connectivity index (χ4v) is 4.60. The van der Waals surface area contributed by atoms with E-state index in [1.807, 2.05) is 12.1 Å². The van der Waals surface area contributed by atoms with Crippen molar-refractivity contribution in [3.63, 3.8) is 0 Å². The number of hydrogen-bond donors (Lipinski definition) is 0. The Morgan fingerprint density at radius 2 is 2.00 bits per heavy atom. The Hall–Kier alpha value is -0.473. The van der Waals surface area contributed by atoms with Gasteiger partial charge in [0.1, 0.15) is 5.75 Å². The first-order chi connectivity index (χ1) is 7.94.